The van der Waals surface area contributed by atoms with E-state index in [1.54, 1.807) is 13.2 Å². The predicted molar refractivity (Wildman–Crippen MR) is 118 cm³/mol. The third kappa shape index (κ3) is 5.62. The van der Waals surface area contributed by atoms with Crippen LogP contribution in [0.3, 0.4) is 0 Å². The van der Waals surface area contributed by atoms with Crippen molar-refractivity contribution in [2.75, 3.05) is 39.0 Å². The molecule has 1 aliphatic heterocycles. The van der Waals surface area contributed by atoms with Gasteiger partial charge in [-0.15, -0.1) is 0 Å². The molecule has 0 saturated carbocycles. The van der Waals surface area contributed by atoms with Crippen LogP contribution < -0.4 is 16.0 Å². The van der Waals surface area contributed by atoms with E-state index in [0.29, 0.717) is 23.9 Å². The second-order valence-electron chi connectivity index (χ2n) is 7.14. The first-order valence-electron chi connectivity index (χ1n) is 9.99. The van der Waals surface area contributed by atoms with Gasteiger partial charge in [-0.2, -0.15) is 0 Å². The fourth-order valence-electron chi connectivity index (χ4n) is 3.34. The van der Waals surface area contributed by atoms with E-state index in [9.17, 15) is 4.79 Å². The first kappa shape index (κ1) is 21.0. The van der Waals surface area contributed by atoms with Gasteiger partial charge in [-0.25, -0.2) is 4.98 Å². The lowest BCUT2D eigenvalue weighted by Crippen LogP contribution is -2.34. The molecule has 29 heavy (non-hydrogen) atoms. The van der Waals surface area contributed by atoms with Crippen molar-refractivity contribution in [3.63, 3.8) is 0 Å². The third-order valence-corrected chi connectivity index (χ3v) is 5.08. The van der Waals surface area contributed by atoms with Crippen LogP contribution in [0, 0.1) is 5.92 Å². The van der Waals surface area contributed by atoms with Crippen molar-refractivity contribution in [3.05, 3.63) is 42.6 Å². The maximum atomic E-state index is 12.5. The molecule has 0 atom stereocenters. The van der Waals surface area contributed by atoms with Crippen LogP contribution in [0.25, 0.3) is 16.5 Å². The lowest BCUT2D eigenvalue weighted by atomic mass is 9.97. The molecule has 1 saturated heterocycles. The van der Waals surface area contributed by atoms with Crippen molar-refractivity contribution in [3.8, 4) is 0 Å². The number of nitrogens with zero attached hydrogens (tertiary/aromatic N) is 2. The second-order valence-corrected chi connectivity index (χ2v) is 7.14. The monoisotopic (exact) mass is 395 g/mol. The summed E-state index contributed by atoms with van der Waals surface area (Å²) in [5.74, 6) is 1.82. The van der Waals surface area contributed by atoms with Crippen LogP contribution in [0.4, 0.5) is 5.82 Å². The minimum atomic E-state index is 0.0376. The Morgan fingerprint density at radius 3 is 2.83 bits per heavy atom. The zero-order chi connectivity index (χ0) is 20.6. The van der Waals surface area contributed by atoms with Gasteiger partial charge in [-0.1, -0.05) is 18.7 Å². The zero-order valence-corrected chi connectivity index (χ0v) is 17.1. The molecule has 3 rings (SSSR count). The van der Waals surface area contributed by atoms with Crippen LogP contribution in [0.15, 0.2) is 42.0 Å². The number of carbonyl (C=O) groups excluding carboxylic acids is 1. The van der Waals surface area contributed by atoms with E-state index in [0.717, 1.165) is 48.8 Å². The summed E-state index contributed by atoms with van der Waals surface area (Å²) >= 11 is 0. The van der Waals surface area contributed by atoms with Gasteiger partial charge >= 0.3 is 0 Å². The number of hydrogen-bond donors (Lipinski definition) is 3. The van der Waals surface area contributed by atoms with Crippen molar-refractivity contribution in [2.24, 2.45) is 10.9 Å². The minimum Gasteiger partial charge on any atom is -0.443 e. The highest BCUT2D eigenvalue weighted by Gasteiger charge is 2.21. The van der Waals surface area contributed by atoms with Gasteiger partial charge in [-0.05, 0) is 50.5 Å². The average molecular weight is 396 g/mol. The molecule has 7 heteroatoms. The number of benzene rings is 1. The molecule has 0 radical (unpaired) electrons. The molecule has 7 nitrogen and oxygen atoms in total. The molecular weight excluding hydrogens is 366 g/mol. The normalized spacial score (nSPS) is 15.3. The Morgan fingerprint density at radius 1 is 1.31 bits per heavy atom. The number of anilines is 1. The Balaban J connectivity index is 1.72. The van der Waals surface area contributed by atoms with Gasteiger partial charge in [0.15, 0.2) is 5.90 Å². The summed E-state index contributed by atoms with van der Waals surface area (Å²) in [7, 11) is 3.60. The molecule has 1 aromatic heterocycles. The lowest BCUT2D eigenvalue weighted by molar-refractivity contribution is -0.120. The molecule has 1 aliphatic rings. The molecule has 2 aromatic rings. The summed E-state index contributed by atoms with van der Waals surface area (Å²) in [4.78, 5) is 21.0. The summed E-state index contributed by atoms with van der Waals surface area (Å²) in [6.07, 6.45) is 4.17. The van der Waals surface area contributed by atoms with Crippen molar-refractivity contribution in [1.29, 1.82) is 0 Å². The van der Waals surface area contributed by atoms with Crippen molar-refractivity contribution >= 4 is 34.2 Å². The maximum Gasteiger partial charge on any atom is 0.228 e. The van der Waals surface area contributed by atoms with Crippen LogP contribution in [-0.4, -0.2) is 50.5 Å². The van der Waals surface area contributed by atoms with Crippen LogP contribution in [0.5, 0.6) is 0 Å². The zero-order valence-electron chi connectivity index (χ0n) is 17.1. The van der Waals surface area contributed by atoms with Gasteiger partial charge in [0.2, 0.25) is 5.91 Å². The number of aromatic nitrogens is 1. The Hall–Kier alpha value is -2.77. The molecule has 3 N–H and O–H groups in total. The summed E-state index contributed by atoms with van der Waals surface area (Å²) < 4.78 is 5.84. The van der Waals surface area contributed by atoms with Crippen molar-refractivity contribution < 1.29 is 9.53 Å². The number of carbonyl (C=O) groups is 1. The molecule has 0 unspecified atom stereocenters. The van der Waals surface area contributed by atoms with Gasteiger partial charge in [0.05, 0.1) is 0 Å². The molecule has 1 amide bonds. The number of nitrogens with one attached hydrogen (secondary N) is 3. The summed E-state index contributed by atoms with van der Waals surface area (Å²) in [6, 6.07) is 7.80. The number of rotatable bonds is 7. The average Bonchev–Trinajstić information content (AvgIpc) is 2.76. The predicted octanol–water partition coefficient (Wildman–Crippen LogP) is 2.80. The molecular formula is C22H29N5O2. The van der Waals surface area contributed by atoms with Gasteiger partial charge in [0, 0.05) is 43.1 Å². The Morgan fingerprint density at radius 2 is 2.10 bits per heavy atom. The summed E-state index contributed by atoms with van der Waals surface area (Å²) in [6.45, 7) is 6.59. The number of aliphatic imine (C=N–C) groups is 1. The van der Waals surface area contributed by atoms with Crippen LogP contribution >= 0.6 is 0 Å². The molecule has 0 bridgehead atoms. The van der Waals surface area contributed by atoms with Crippen LogP contribution in [0.2, 0.25) is 0 Å². The van der Waals surface area contributed by atoms with E-state index < -0.39 is 0 Å². The molecule has 1 aromatic carbocycles. The highest BCUT2D eigenvalue weighted by molar-refractivity contribution is 5.95. The largest absolute Gasteiger partial charge is 0.443 e. The fourth-order valence-corrected chi connectivity index (χ4v) is 3.34. The van der Waals surface area contributed by atoms with E-state index in [1.807, 2.05) is 31.3 Å². The second kappa shape index (κ2) is 10.1. The van der Waals surface area contributed by atoms with Crippen LogP contribution in [-0.2, 0) is 9.53 Å². The highest BCUT2D eigenvalue weighted by Crippen LogP contribution is 2.24. The van der Waals surface area contributed by atoms with Gasteiger partial charge in [0.1, 0.15) is 11.6 Å². The topological polar surface area (TPSA) is 87.6 Å². The molecule has 2 heterocycles. The first-order chi connectivity index (χ1) is 14.1. The van der Waals surface area contributed by atoms with E-state index in [2.05, 4.69) is 32.5 Å². The van der Waals surface area contributed by atoms with E-state index in [1.165, 1.54) is 0 Å². The number of piperidine rings is 1. The minimum absolute atomic E-state index is 0.0376. The lowest BCUT2D eigenvalue weighted by Gasteiger charge is -2.21. The molecule has 0 spiro atoms. The maximum absolute atomic E-state index is 12.5. The third-order valence-electron chi connectivity index (χ3n) is 5.08. The van der Waals surface area contributed by atoms with Crippen LogP contribution in [0.1, 0.15) is 24.8 Å². The number of pyridine rings is 1. The molecule has 1 fully saturated rings. The highest BCUT2D eigenvalue weighted by atomic mass is 16.5. The first-order valence-corrected chi connectivity index (χ1v) is 9.99. The van der Waals surface area contributed by atoms with Gasteiger partial charge < -0.3 is 20.7 Å². The number of hydrogen-bond acceptors (Lipinski definition) is 6. The molecule has 0 aliphatic carbocycles. The summed E-state index contributed by atoms with van der Waals surface area (Å²) in [5, 5.41) is 11.3. The number of amides is 1. The van der Waals surface area contributed by atoms with E-state index in [4.69, 9.17) is 4.74 Å². The number of fused-ring (bicyclic) bond motifs is 1. The van der Waals surface area contributed by atoms with Crippen molar-refractivity contribution in [1.82, 2.24) is 15.6 Å². The van der Waals surface area contributed by atoms with E-state index in [-0.39, 0.29) is 11.8 Å². The Kier molecular flexibility index (Phi) is 7.32. The molecule has 154 valence electrons. The Bertz CT molecular complexity index is 903. The number of ether oxygens (including phenoxy) is 1. The smallest absolute Gasteiger partial charge is 0.228 e. The quantitative estimate of drug-likeness (QED) is 0.381. The van der Waals surface area contributed by atoms with Gasteiger partial charge in [-0.3, -0.25) is 9.79 Å². The van der Waals surface area contributed by atoms with E-state index >= 15 is 0 Å². The Labute approximate surface area is 171 Å². The van der Waals surface area contributed by atoms with Gasteiger partial charge in [0.25, 0.3) is 0 Å². The standard InChI is InChI=1S/C22H29N5O2/c1-15(29-21(24-3)8-9-23-2)17-4-5-18-14-26-20(13-19(18)12-17)27-22(28)16-6-10-25-11-7-16/h4-5,12-14,16,23,25H,1,6-11H2,2-3H3,(H,26,27,28)/b24-21-. The SMILES string of the molecule is C=C(O/C(CCNC)=N\C)c1ccc2cnc(NC(=O)C3CCNCC3)cc2c1. The fraction of sp³-hybridized carbons (Fsp3) is 0.409. The summed E-state index contributed by atoms with van der Waals surface area (Å²) in [5.41, 5.74) is 0.866. The van der Waals surface area contributed by atoms with Crippen molar-refractivity contribution in [2.45, 2.75) is 19.3 Å².